The van der Waals surface area contributed by atoms with Gasteiger partial charge in [0.15, 0.2) is 0 Å². The Labute approximate surface area is 149 Å². The van der Waals surface area contributed by atoms with E-state index in [1.54, 1.807) is 6.07 Å². The molecule has 0 spiro atoms. The first kappa shape index (κ1) is 20.0. The number of hydrogen-bond donors (Lipinski definition) is 1. The van der Waals surface area contributed by atoms with Crippen molar-refractivity contribution in [1.82, 2.24) is 14.9 Å². The molecule has 2 aromatic rings. The smallest absolute Gasteiger partial charge is 0.411 e. The molecule has 6 nitrogen and oxygen atoms in total. The van der Waals surface area contributed by atoms with E-state index >= 15 is 0 Å². The van der Waals surface area contributed by atoms with Crippen LogP contribution in [-0.2, 0) is 11.3 Å². The third kappa shape index (κ3) is 5.33. The van der Waals surface area contributed by atoms with Crippen molar-refractivity contribution in [2.75, 3.05) is 13.7 Å². The average molecular weight is 396 g/mol. The minimum absolute atomic E-state index is 0.126. The van der Waals surface area contributed by atoms with Gasteiger partial charge < -0.3 is 9.47 Å². The first-order chi connectivity index (χ1) is 12.2. The summed E-state index contributed by atoms with van der Waals surface area (Å²) in [5.74, 6) is -0.342. The lowest BCUT2D eigenvalue weighted by molar-refractivity contribution is -0.176. The number of nitrogens with one attached hydrogen (secondary N) is 1. The molecular formula is C14H13F5N4O2S. The van der Waals surface area contributed by atoms with Crippen molar-refractivity contribution in [3.63, 3.8) is 0 Å². The van der Waals surface area contributed by atoms with Crippen molar-refractivity contribution in [3.05, 3.63) is 39.9 Å². The van der Waals surface area contributed by atoms with Crippen molar-refractivity contribution < 1.29 is 31.4 Å². The van der Waals surface area contributed by atoms with Gasteiger partial charge in [-0.05, 0) is 36.0 Å². The molecule has 0 unspecified atom stereocenters. The summed E-state index contributed by atoms with van der Waals surface area (Å²) in [5.41, 5.74) is 0.755. The highest BCUT2D eigenvalue weighted by atomic mass is 32.1. The second-order valence-corrected chi connectivity index (χ2v) is 5.31. The summed E-state index contributed by atoms with van der Waals surface area (Å²) in [7, 11) is 1.36. The van der Waals surface area contributed by atoms with Crippen LogP contribution in [0.4, 0.5) is 22.0 Å². The number of ether oxygens (including phenoxy) is 2. The molecule has 0 atom stereocenters. The maximum absolute atomic E-state index is 12.8. The van der Waals surface area contributed by atoms with Gasteiger partial charge in [0.25, 0.3) is 6.43 Å². The summed E-state index contributed by atoms with van der Waals surface area (Å²) in [6, 6.07) is 4.50. The number of methoxy groups -OCH3 is 1. The number of hydrogen-bond acceptors (Lipinski definition) is 5. The van der Waals surface area contributed by atoms with E-state index in [1.165, 1.54) is 25.5 Å². The Morgan fingerprint density at radius 1 is 1.38 bits per heavy atom. The molecule has 1 N–H and O–H groups in total. The zero-order valence-electron chi connectivity index (χ0n) is 13.3. The molecule has 0 radical (unpaired) electrons. The maximum atomic E-state index is 12.8. The number of benzene rings is 1. The molecule has 26 heavy (non-hydrogen) atoms. The molecule has 0 aliphatic rings. The molecule has 1 aromatic heterocycles. The Balaban J connectivity index is 2.21. The number of rotatable bonds is 7. The first-order valence-electron chi connectivity index (χ1n) is 7.02. The Bertz CT molecular complexity index is 831. The highest BCUT2D eigenvalue weighted by Crippen LogP contribution is 2.22. The van der Waals surface area contributed by atoms with Gasteiger partial charge in [-0.3, -0.25) is 0 Å². The van der Waals surface area contributed by atoms with Gasteiger partial charge in [-0.25, -0.2) is 13.9 Å². The molecule has 0 saturated heterocycles. The summed E-state index contributed by atoms with van der Waals surface area (Å²) in [6.07, 6.45) is -6.12. The number of halogens is 5. The van der Waals surface area contributed by atoms with Crippen molar-refractivity contribution >= 4 is 18.4 Å². The second-order valence-electron chi connectivity index (χ2n) is 4.92. The fourth-order valence-corrected chi connectivity index (χ4v) is 2.14. The van der Waals surface area contributed by atoms with E-state index < -0.39 is 25.0 Å². The molecule has 0 aliphatic heterocycles. The zero-order chi connectivity index (χ0) is 19.3. The van der Waals surface area contributed by atoms with Gasteiger partial charge in [0.2, 0.25) is 10.6 Å². The topological polar surface area (TPSA) is 64.4 Å². The van der Waals surface area contributed by atoms with E-state index in [-0.39, 0.29) is 11.4 Å². The molecule has 0 amide bonds. The van der Waals surface area contributed by atoms with Crippen molar-refractivity contribution in [1.29, 1.82) is 0 Å². The van der Waals surface area contributed by atoms with Gasteiger partial charge in [-0.15, -0.1) is 0 Å². The molecule has 142 valence electrons. The van der Waals surface area contributed by atoms with Crippen molar-refractivity contribution in [2.45, 2.75) is 19.2 Å². The zero-order valence-corrected chi connectivity index (χ0v) is 14.1. The summed E-state index contributed by atoms with van der Waals surface area (Å²) < 4.78 is 72.5. The van der Waals surface area contributed by atoms with Gasteiger partial charge in [-0.2, -0.15) is 28.0 Å². The molecule has 2 rings (SSSR count). The number of alkyl halides is 5. The maximum Gasteiger partial charge on any atom is 0.411 e. The standard InChI is InChI=1S/C14H13F5N4O2S/c1-24-10-3-2-8(4-9(10)6-25-7-14(17,18)19)5-20-23-12(11(15)16)21-22-13(23)26/h2-5,11H,6-7H2,1H3,(H,22,26). The summed E-state index contributed by atoms with van der Waals surface area (Å²) in [5, 5.41) is 9.40. The van der Waals surface area contributed by atoms with Crippen LogP contribution in [0.3, 0.4) is 0 Å². The molecule has 1 heterocycles. The average Bonchev–Trinajstić information content (AvgIpc) is 2.93. The molecule has 12 heteroatoms. The van der Waals surface area contributed by atoms with Gasteiger partial charge in [0.1, 0.15) is 12.4 Å². The van der Waals surface area contributed by atoms with Crippen LogP contribution in [0.1, 0.15) is 23.4 Å². The van der Waals surface area contributed by atoms with Crippen LogP contribution in [0.25, 0.3) is 0 Å². The Morgan fingerprint density at radius 2 is 2.12 bits per heavy atom. The third-order valence-corrected chi connectivity index (χ3v) is 3.28. The van der Waals surface area contributed by atoms with Crippen LogP contribution in [0, 0.1) is 4.77 Å². The molecular weight excluding hydrogens is 383 g/mol. The summed E-state index contributed by atoms with van der Waals surface area (Å²) >= 11 is 4.82. The van der Waals surface area contributed by atoms with E-state index in [1.807, 2.05) is 0 Å². The van der Waals surface area contributed by atoms with Crippen LogP contribution in [-0.4, -0.2) is 41.0 Å². The van der Waals surface area contributed by atoms with Crippen LogP contribution in [0.5, 0.6) is 5.75 Å². The normalized spacial score (nSPS) is 12.3. The monoisotopic (exact) mass is 396 g/mol. The van der Waals surface area contributed by atoms with Crippen LogP contribution >= 0.6 is 12.2 Å². The number of nitrogens with zero attached hydrogens (tertiary/aromatic N) is 3. The highest BCUT2D eigenvalue weighted by molar-refractivity contribution is 7.71. The minimum atomic E-state index is -4.45. The summed E-state index contributed by atoms with van der Waals surface area (Å²) in [6.45, 7) is -1.76. The highest BCUT2D eigenvalue weighted by Gasteiger charge is 2.27. The minimum Gasteiger partial charge on any atom is -0.496 e. The van der Waals surface area contributed by atoms with Gasteiger partial charge in [0, 0.05) is 5.56 Å². The van der Waals surface area contributed by atoms with E-state index in [0.717, 1.165) is 4.68 Å². The van der Waals surface area contributed by atoms with Crippen molar-refractivity contribution in [2.24, 2.45) is 5.10 Å². The quantitative estimate of drug-likeness (QED) is 0.439. The predicted molar refractivity (Wildman–Crippen MR) is 84.1 cm³/mol. The third-order valence-electron chi connectivity index (χ3n) is 3.02. The van der Waals surface area contributed by atoms with Gasteiger partial charge in [-0.1, -0.05) is 0 Å². The second kappa shape index (κ2) is 8.36. The van der Waals surface area contributed by atoms with E-state index in [9.17, 15) is 22.0 Å². The van der Waals surface area contributed by atoms with E-state index in [0.29, 0.717) is 16.9 Å². The lowest BCUT2D eigenvalue weighted by Crippen LogP contribution is -2.16. The first-order valence-corrected chi connectivity index (χ1v) is 7.43. The molecule has 0 saturated carbocycles. The predicted octanol–water partition coefficient (Wildman–Crippen LogP) is 3.85. The molecule has 1 aromatic carbocycles. The van der Waals surface area contributed by atoms with Gasteiger partial charge >= 0.3 is 6.18 Å². The molecule has 0 fully saturated rings. The lowest BCUT2D eigenvalue weighted by Gasteiger charge is -2.11. The molecule has 0 aliphatic carbocycles. The van der Waals surface area contributed by atoms with Gasteiger partial charge in [0.05, 0.1) is 19.9 Å². The molecule has 0 bridgehead atoms. The Hall–Kier alpha value is -2.34. The Morgan fingerprint density at radius 3 is 2.73 bits per heavy atom. The number of aromatic amines is 1. The number of H-pyrrole nitrogens is 1. The van der Waals surface area contributed by atoms with E-state index in [2.05, 4.69) is 20.0 Å². The SMILES string of the molecule is COc1ccc(C=Nn2c(C(F)F)n[nH]c2=S)cc1COCC(F)(F)F. The van der Waals surface area contributed by atoms with Crippen molar-refractivity contribution in [3.8, 4) is 5.75 Å². The fourth-order valence-electron chi connectivity index (χ4n) is 1.95. The van der Waals surface area contributed by atoms with Crippen LogP contribution in [0.15, 0.2) is 23.3 Å². The van der Waals surface area contributed by atoms with Crippen LogP contribution < -0.4 is 4.74 Å². The Kier molecular flexibility index (Phi) is 6.42. The lowest BCUT2D eigenvalue weighted by atomic mass is 10.1. The van der Waals surface area contributed by atoms with Crippen LogP contribution in [0.2, 0.25) is 0 Å². The summed E-state index contributed by atoms with van der Waals surface area (Å²) in [4.78, 5) is 0. The fraction of sp³-hybridized carbons (Fsp3) is 0.357. The largest absolute Gasteiger partial charge is 0.496 e. The van der Waals surface area contributed by atoms with E-state index in [4.69, 9.17) is 17.0 Å². The number of aromatic nitrogens is 3.